The van der Waals surface area contributed by atoms with Gasteiger partial charge in [-0.2, -0.15) is 0 Å². The van der Waals surface area contributed by atoms with Gasteiger partial charge in [0.05, 0.1) is 19.0 Å². The zero-order valence-electron chi connectivity index (χ0n) is 21.7. The maximum atomic E-state index is 15.6. The van der Waals surface area contributed by atoms with Crippen LogP contribution in [0.4, 0.5) is 16.0 Å². The van der Waals surface area contributed by atoms with Crippen molar-refractivity contribution in [1.82, 2.24) is 29.1 Å². The van der Waals surface area contributed by atoms with Gasteiger partial charge in [-0.3, -0.25) is 14.1 Å². The van der Waals surface area contributed by atoms with E-state index >= 15 is 4.39 Å². The predicted molar refractivity (Wildman–Crippen MR) is 140 cm³/mol. The Morgan fingerprint density at radius 1 is 0.976 bits per heavy atom. The van der Waals surface area contributed by atoms with E-state index in [1.54, 1.807) is 11.5 Å². The molecule has 0 amide bonds. The molecule has 4 aliphatic rings. The summed E-state index contributed by atoms with van der Waals surface area (Å²) in [6.45, 7) is 1.04. The summed E-state index contributed by atoms with van der Waals surface area (Å²) in [6, 6.07) is 0. The smallest absolute Gasteiger partial charge is 0.382 e. The van der Waals surface area contributed by atoms with E-state index < -0.39 is 78.2 Å². The van der Waals surface area contributed by atoms with E-state index in [2.05, 4.69) is 30.2 Å². The van der Waals surface area contributed by atoms with E-state index in [0.717, 1.165) is 0 Å². The van der Waals surface area contributed by atoms with Crippen molar-refractivity contribution in [3.8, 4) is 0 Å². The van der Waals surface area contributed by atoms with Gasteiger partial charge >= 0.3 is 16.5 Å². The number of nitrogens with two attached hydrogens (primary N) is 2. The first-order valence-electron chi connectivity index (χ1n) is 12.8. The molecule has 2 bridgehead atoms. The number of halogens is 1. The number of hydrogen-bond donors (Lipinski definition) is 3. The summed E-state index contributed by atoms with van der Waals surface area (Å²) < 4.78 is 79.0. The molecular formula is C21H25FN10O8P2+2. The number of alkyl halides is 1. The van der Waals surface area contributed by atoms with E-state index in [0.29, 0.717) is 22.7 Å². The van der Waals surface area contributed by atoms with Crippen LogP contribution in [0.5, 0.6) is 0 Å². The van der Waals surface area contributed by atoms with Gasteiger partial charge in [-0.25, -0.2) is 24.3 Å². The van der Waals surface area contributed by atoms with Gasteiger partial charge in [0.2, 0.25) is 0 Å². The lowest BCUT2D eigenvalue weighted by molar-refractivity contribution is -0.0556. The van der Waals surface area contributed by atoms with Crippen molar-refractivity contribution in [3.63, 3.8) is 0 Å². The number of ether oxygens (including phenoxy) is 2. The molecule has 0 radical (unpaired) electrons. The SMILES string of the molecule is C[C@@H]1[C@@H]2O[P+](=O)OC[C@H]3O[C@@H](n4cnc5c4NC=NC5N)[C@H](O[P+](=O)OC[C@H]2O[C@H]1n1cnc2c(N)ncnc21)[C@@H]3F. The van der Waals surface area contributed by atoms with Crippen molar-refractivity contribution >= 4 is 45.6 Å². The molecule has 0 spiro atoms. The van der Waals surface area contributed by atoms with Crippen molar-refractivity contribution in [2.75, 3.05) is 24.3 Å². The highest BCUT2D eigenvalue weighted by Crippen LogP contribution is 2.47. The zero-order chi connectivity index (χ0) is 29.1. The molecule has 3 fully saturated rings. The van der Waals surface area contributed by atoms with Gasteiger partial charge in [0.15, 0.2) is 36.1 Å². The van der Waals surface area contributed by atoms with Gasteiger partial charge in [0, 0.05) is 15.0 Å². The highest BCUT2D eigenvalue weighted by molar-refractivity contribution is 7.33. The Bertz CT molecular complexity index is 1570. The third-order valence-electron chi connectivity index (χ3n) is 7.49. The molecule has 21 heteroatoms. The fraction of sp³-hybridized carbons (Fsp3) is 0.571. The van der Waals surface area contributed by atoms with Crippen LogP contribution in [-0.2, 0) is 36.7 Å². The number of rotatable bonds is 2. The number of nitrogen functional groups attached to an aromatic ring is 1. The number of fused-ring (bicyclic) bond motifs is 5. The lowest BCUT2D eigenvalue weighted by Crippen LogP contribution is -2.31. The van der Waals surface area contributed by atoms with Crippen LogP contribution in [0.25, 0.3) is 11.2 Å². The average Bonchev–Trinajstić information content (AvgIpc) is 3.73. The molecule has 4 aliphatic heterocycles. The Balaban J connectivity index is 1.14. The predicted octanol–water partition coefficient (Wildman–Crippen LogP) is 1.62. The minimum absolute atomic E-state index is 0.196. The van der Waals surface area contributed by atoms with E-state index in [4.69, 9.17) is 39.0 Å². The minimum Gasteiger partial charge on any atom is -0.382 e. The summed E-state index contributed by atoms with van der Waals surface area (Å²) in [5.41, 5.74) is 13.1. The molecule has 7 rings (SSSR count). The topological polar surface area (TPSA) is 227 Å². The van der Waals surface area contributed by atoms with E-state index in [1.807, 2.05) is 0 Å². The lowest BCUT2D eigenvalue weighted by atomic mass is 10.0. The molecule has 222 valence electrons. The molecule has 42 heavy (non-hydrogen) atoms. The zero-order valence-corrected chi connectivity index (χ0v) is 23.5. The molecular weight excluding hydrogens is 601 g/mol. The maximum Gasteiger partial charge on any atom is 0.698 e. The summed E-state index contributed by atoms with van der Waals surface area (Å²) in [7, 11) is -5.65. The van der Waals surface area contributed by atoms with Crippen LogP contribution < -0.4 is 16.8 Å². The Hall–Kier alpha value is -3.12. The second kappa shape index (κ2) is 10.9. The molecule has 3 unspecified atom stereocenters. The minimum atomic E-state index is -2.88. The first kappa shape index (κ1) is 27.7. The van der Waals surface area contributed by atoms with Crippen LogP contribution >= 0.6 is 16.5 Å². The van der Waals surface area contributed by atoms with Crippen LogP contribution in [0.2, 0.25) is 0 Å². The molecule has 3 aromatic heterocycles. The first-order valence-corrected chi connectivity index (χ1v) is 15.0. The highest BCUT2D eigenvalue weighted by Gasteiger charge is 2.56. The number of nitrogens with one attached hydrogen (secondary N) is 1. The molecule has 3 aromatic rings. The fourth-order valence-corrected chi connectivity index (χ4v) is 7.04. The molecule has 0 saturated carbocycles. The second-order valence-corrected chi connectivity index (χ2v) is 11.8. The van der Waals surface area contributed by atoms with Crippen molar-refractivity contribution < 1.29 is 41.1 Å². The summed E-state index contributed by atoms with van der Waals surface area (Å²) in [4.78, 5) is 20.7. The summed E-state index contributed by atoms with van der Waals surface area (Å²) in [5, 5.41) is 2.91. The van der Waals surface area contributed by atoms with Crippen LogP contribution in [0.3, 0.4) is 0 Å². The normalized spacial score (nSPS) is 37.0. The van der Waals surface area contributed by atoms with Crippen molar-refractivity contribution in [2.24, 2.45) is 16.6 Å². The van der Waals surface area contributed by atoms with Gasteiger partial charge in [-0.05, 0) is 0 Å². The molecule has 18 nitrogen and oxygen atoms in total. The molecule has 0 aromatic carbocycles. The van der Waals surface area contributed by atoms with Crippen molar-refractivity contribution in [3.05, 3.63) is 24.7 Å². The van der Waals surface area contributed by atoms with E-state index in [9.17, 15) is 9.13 Å². The van der Waals surface area contributed by atoms with Crippen LogP contribution in [0.15, 0.2) is 24.0 Å². The summed E-state index contributed by atoms with van der Waals surface area (Å²) >= 11 is 0. The largest absolute Gasteiger partial charge is 0.698 e. The van der Waals surface area contributed by atoms with Gasteiger partial charge in [-0.15, -0.1) is 18.1 Å². The number of aliphatic imine (C=N–C) groups is 1. The molecule has 5 N–H and O–H groups in total. The second-order valence-electron chi connectivity index (χ2n) is 9.95. The summed E-state index contributed by atoms with van der Waals surface area (Å²) in [5.74, 6) is 0.152. The van der Waals surface area contributed by atoms with Gasteiger partial charge in [0.1, 0.15) is 61.2 Å². The van der Waals surface area contributed by atoms with Crippen molar-refractivity contribution in [2.45, 2.75) is 56.1 Å². The van der Waals surface area contributed by atoms with Gasteiger partial charge in [0.25, 0.3) is 0 Å². The Kier molecular flexibility index (Phi) is 7.16. The van der Waals surface area contributed by atoms with Crippen LogP contribution in [-0.4, -0.2) is 79.2 Å². The third-order valence-corrected chi connectivity index (χ3v) is 9.04. The quantitative estimate of drug-likeness (QED) is 0.343. The third kappa shape index (κ3) is 4.67. The van der Waals surface area contributed by atoms with Crippen LogP contribution in [0, 0.1) is 5.92 Å². The maximum absolute atomic E-state index is 15.6. The van der Waals surface area contributed by atoms with Crippen LogP contribution in [0.1, 0.15) is 31.2 Å². The summed E-state index contributed by atoms with van der Waals surface area (Å²) in [6.07, 6.45) is -3.26. The average molecular weight is 626 g/mol. The molecule has 7 heterocycles. The Labute approximate surface area is 237 Å². The van der Waals surface area contributed by atoms with E-state index in [1.165, 1.54) is 29.9 Å². The van der Waals surface area contributed by atoms with Gasteiger partial charge < -0.3 is 26.3 Å². The number of imidazole rings is 2. The fourth-order valence-electron chi connectivity index (χ4n) is 5.43. The Morgan fingerprint density at radius 3 is 2.50 bits per heavy atom. The van der Waals surface area contributed by atoms with Crippen molar-refractivity contribution in [1.29, 1.82) is 0 Å². The first-order chi connectivity index (χ1) is 20.3. The molecule has 11 atom stereocenters. The monoisotopic (exact) mass is 626 g/mol. The van der Waals surface area contributed by atoms with E-state index in [-0.39, 0.29) is 12.4 Å². The standard InChI is InChI=1S/C21H25FN10O8P2/c1-8-14-10(38-20(8)31-6-29-12-16(23)25-4-27-18(12)31)3-36-42(34)40-15-11(22)9(2-35-41(33)39-14)37-21(15)32-7-30-13-17(24)26-5-28-19(13)32/h4-11,14-15,17,20-21H,2-3,24H2,1H3,(H,26,28)(H2,23,25,27)/q+2/t8-,9-,10-,11-,14+,15-,17?,20-,21-/m1/s1. The number of nitrogens with zero attached hydrogens (tertiary/aromatic N) is 7. The Morgan fingerprint density at radius 2 is 1.69 bits per heavy atom. The number of aromatic nitrogens is 6. The number of anilines is 2. The lowest BCUT2D eigenvalue weighted by Gasteiger charge is -2.21. The van der Waals surface area contributed by atoms with Gasteiger partial charge in [-0.1, -0.05) is 6.92 Å². The molecule has 0 aliphatic carbocycles. The highest BCUT2D eigenvalue weighted by atomic mass is 31.1. The number of hydrogen-bond acceptors (Lipinski definition) is 16. The molecule has 3 saturated heterocycles.